The average Bonchev–Trinajstić information content (AvgIpc) is 3.07. The molecule has 2 aromatic heterocycles. The van der Waals surface area contributed by atoms with Crippen molar-refractivity contribution < 1.29 is 9.53 Å². The minimum absolute atomic E-state index is 0.122. The number of methoxy groups -OCH3 is 1. The number of nitrogens with one attached hydrogen (secondary N) is 1. The van der Waals surface area contributed by atoms with Gasteiger partial charge in [0, 0.05) is 24.8 Å². The van der Waals surface area contributed by atoms with Gasteiger partial charge >= 0.3 is 0 Å². The molecule has 0 bridgehead atoms. The van der Waals surface area contributed by atoms with Crippen LogP contribution < -0.4 is 15.2 Å². The van der Waals surface area contributed by atoms with Gasteiger partial charge in [-0.15, -0.1) is 11.3 Å². The first-order valence-corrected chi connectivity index (χ1v) is 10.1. The lowest BCUT2D eigenvalue weighted by molar-refractivity contribution is -0.114. The van der Waals surface area contributed by atoms with Gasteiger partial charge in [-0.2, -0.15) is 0 Å². The number of carbonyl (C=O) groups is 1. The summed E-state index contributed by atoms with van der Waals surface area (Å²) in [6.45, 7) is 5.47. The number of rotatable bonds is 3. The summed E-state index contributed by atoms with van der Waals surface area (Å²) in [6.07, 6.45) is 5.17. The van der Waals surface area contributed by atoms with Crippen LogP contribution in [0.5, 0.6) is 5.75 Å². The number of thiazole rings is 1. The predicted molar refractivity (Wildman–Crippen MR) is 113 cm³/mol. The Hall–Kier alpha value is -2.16. The Morgan fingerprint density at radius 1 is 1.27 bits per heavy atom. The molecule has 0 fully saturated rings. The van der Waals surface area contributed by atoms with E-state index in [1.54, 1.807) is 30.8 Å². The molecule has 6 nitrogen and oxygen atoms in total. The van der Waals surface area contributed by atoms with E-state index < -0.39 is 0 Å². The molecule has 0 atom stereocenters. The number of fused-ring (bicyclic) bond motifs is 1. The summed E-state index contributed by atoms with van der Waals surface area (Å²) in [5.74, 6) is 0.660. The molecular weight excluding hydrogens is 368 g/mol. The van der Waals surface area contributed by atoms with E-state index >= 15 is 0 Å². The number of nitrogens with zero attached hydrogens (tertiary/aromatic N) is 2. The van der Waals surface area contributed by atoms with Crippen LogP contribution in [0.1, 0.15) is 20.8 Å². The van der Waals surface area contributed by atoms with Crippen LogP contribution in [-0.2, 0) is 4.79 Å². The van der Waals surface area contributed by atoms with Crippen molar-refractivity contribution in [1.82, 2.24) is 9.97 Å². The predicted octanol–water partition coefficient (Wildman–Crippen LogP) is 4.57. The summed E-state index contributed by atoms with van der Waals surface area (Å²) in [6, 6.07) is 7.67. The maximum Gasteiger partial charge on any atom is 0.221 e. The van der Waals surface area contributed by atoms with Crippen LogP contribution in [-0.4, -0.2) is 29.2 Å². The molecule has 3 aromatic rings. The van der Waals surface area contributed by atoms with E-state index in [9.17, 15) is 4.79 Å². The van der Waals surface area contributed by atoms with Gasteiger partial charge in [-0.05, 0) is 24.5 Å². The molecule has 3 rings (SSSR count). The van der Waals surface area contributed by atoms with E-state index in [2.05, 4.69) is 15.3 Å². The molecule has 1 amide bonds. The zero-order valence-corrected chi connectivity index (χ0v) is 17.2. The van der Waals surface area contributed by atoms with Crippen LogP contribution in [0.15, 0.2) is 36.7 Å². The number of aromatic nitrogens is 2. The number of nitrogens with two attached hydrogens (primary N) is 1. The number of anilines is 1. The number of hydrogen-bond donors (Lipinski definition) is 2. The smallest absolute Gasteiger partial charge is 0.221 e. The lowest BCUT2D eigenvalue weighted by Gasteiger charge is -2.02. The van der Waals surface area contributed by atoms with E-state index in [0.717, 1.165) is 26.5 Å². The minimum Gasteiger partial charge on any atom is -0.497 e. The highest BCUT2D eigenvalue weighted by Gasteiger charge is 2.08. The van der Waals surface area contributed by atoms with Crippen LogP contribution in [0.2, 0.25) is 0 Å². The first kappa shape index (κ1) is 21.9. The number of carbonyl (C=O) groups excluding carboxylic acids is 1. The van der Waals surface area contributed by atoms with Crippen molar-refractivity contribution in [2.24, 2.45) is 5.14 Å². The Bertz CT molecular complexity index is 837. The molecule has 1 aromatic carbocycles. The molecule has 0 aliphatic carbocycles. The van der Waals surface area contributed by atoms with Gasteiger partial charge in [-0.1, -0.05) is 25.8 Å². The summed E-state index contributed by atoms with van der Waals surface area (Å²) in [5, 5.41) is 8.35. The minimum atomic E-state index is -0.122. The van der Waals surface area contributed by atoms with Crippen molar-refractivity contribution in [2.75, 3.05) is 18.7 Å². The van der Waals surface area contributed by atoms with Gasteiger partial charge in [0.25, 0.3) is 0 Å². The highest BCUT2D eigenvalue weighted by atomic mass is 32.2. The monoisotopic (exact) mass is 392 g/mol. The van der Waals surface area contributed by atoms with Gasteiger partial charge in [0.2, 0.25) is 5.91 Å². The molecule has 26 heavy (non-hydrogen) atoms. The molecule has 0 radical (unpaired) electrons. The fourth-order valence-corrected chi connectivity index (χ4v) is 2.91. The van der Waals surface area contributed by atoms with Gasteiger partial charge in [0.1, 0.15) is 10.8 Å². The third kappa shape index (κ3) is 6.29. The first-order valence-electron chi connectivity index (χ1n) is 7.98. The van der Waals surface area contributed by atoms with E-state index in [-0.39, 0.29) is 5.91 Å². The molecule has 3 N–H and O–H groups in total. The van der Waals surface area contributed by atoms with E-state index in [0.29, 0.717) is 5.69 Å². The molecule has 0 aliphatic heterocycles. The van der Waals surface area contributed by atoms with E-state index in [1.807, 2.05) is 44.4 Å². The Balaban J connectivity index is 0.000000615. The summed E-state index contributed by atoms with van der Waals surface area (Å²) in [4.78, 5) is 19.8. The van der Waals surface area contributed by atoms with E-state index in [1.165, 1.54) is 18.9 Å². The zero-order chi connectivity index (χ0) is 19.5. The van der Waals surface area contributed by atoms with Crippen molar-refractivity contribution in [1.29, 1.82) is 0 Å². The summed E-state index contributed by atoms with van der Waals surface area (Å²) in [5.41, 5.74) is 2.43. The second-order valence-electron chi connectivity index (χ2n) is 4.73. The van der Waals surface area contributed by atoms with Gasteiger partial charge < -0.3 is 10.1 Å². The van der Waals surface area contributed by atoms with Crippen LogP contribution in [0.3, 0.4) is 0 Å². The lowest BCUT2D eigenvalue weighted by atomic mass is 10.2. The van der Waals surface area contributed by atoms with Gasteiger partial charge in [-0.25, -0.2) is 4.98 Å². The van der Waals surface area contributed by atoms with Crippen LogP contribution in [0.4, 0.5) is 5.69 Å². The lowest BCUT2D eigenvalue weighted by Crippen LogP contribution is -2.05. The van der Waals surface area contributed by atoms with Gasteiger partial charge in [-0.3, -0.25) is 14.9 Å². The standard InChI is InChI=1S/C15H13N3O2S.C2H6.CH5NS/c1-9(19)17-11-5-10(7-16-8-11)15-18-13-6-12(20-2)3-4-14(13)21-15;1-2;1-3-2/h3-8H,1-2H3,(H,17,19);1-2H3;2H2,1H3. The summed E-state index contributed by atoms with van der Waals surface area (Å²) >= 11 is 2.83. The van der Waals surface area contributed by atoms with Gasteiger partial charge in [0.05, 0.1) is 29.2 Å². The van der Waals surface area contributed by atoms with Gasteiger partial charge in [0.15, 0.2) is 0 Å². The highest BCUT2D eigenvalue weighted by Crippen LogP contribution is 2.32. The molecule has 0 unspecified atom stereocenters. The second kappa shape index (κ2) is 11.5. The third-order valence-corrected chi connectivity index (χ3v) is 3.99. The van der Waals surface area contributed by atoms with Crippen molar-refractivity contribution >= 4 is 45.1 Å². The molecular formula is C18H24N4O2S2. The largest absolute Gasteiger partial charge is 0.497 e. The number of amides is 1. The Morgan fingerprint density at radius 2 is 1.96 bits per heavy atom. The average molecular weight is 393 g/mol. The number of benzene rings is 1. The fourth-order valence-electron chi connectivity index (χ4n) is 1.99. The Kier molecular flexibility index (Phi) is 9.64. The highest BCUT2D eigenvalue weighted by molar-refractivity contribution is 7.96. The Labute approximate surface area is 162 Å². The molecule has 8 heteroatoms. The topological polar surface area (TPSA) is 90.1 Å². The second-order valence-corrected chi connectivity index (χ2v) is 6.23. The zero-order valence-electron chi connectivity index (χ0n) is 15.6. The molecule has 140 valence electrons. The number of ether oxygens (including phenoxy) is 1. The fraction of sp³-hybridized carbons (Fsp3) is 0.278. The third-order valence-electron chi connectivity index (χ3n) is 2.90. The normalized spacial score (nSPS) is 9.46. The quantitative estimate of drug-likeness (QED) is 0.634. The molecule has 0 aliphatic rings. The first-order chi connectivity index (χ1) is 12.6. The summed E-state index contributed by atoms with van der Waals surface area (Å²) in [7, 11) is 1.63. The van der Waals surface area contributed by atoms with Crippen molar-refractivity contribution in [3.63, 3.8) is 0 Å². The maximum atomic E-state index is 11.1. The molecule has 0 saturated heterocycles. The Morgan fingerprint density at radius 3 is 2.58 bits per heavy atom. The molecule has 2 heterocycles. The van der Waals surface area contributed by atoms with Crippen LogP contribution >= 0.6 is 23.3 Å². The SMILES string of the molecule is CC.COc1ccc2sc(-c3cncc(NC(C)=O)c3)nc2c1.CSN. The summed E-state index contributed by atoms with van der Waals surface area (Å²) < 4.78 is 6.28. The molecule has 0 saturated carbocycles. The number of pyridine rings is 1. The van der Waals surface area contributed by atoms with Crippen molar-refractivity contribution in [3.05, 3.63) is 36.7 Å². The van der Waals surface area contributed by atoms with Crippen LogP contribution in [0, 0.1) is 0 Å². The van der Waals surface area contributed by atoms with Crippen molar-refractivity contribution in [2.45, 2.75) is 20.8 Å². The number of hydrogen-bond acceptors (Lipinski definition) is 7. The van der Waals surface area contributed by atoms with Crippen LogP contribution in [0.25, 0.3) is 20.8 Å². The van der Waals surface area contributed by atoms with Crippen molar-refractivity contribution in [3.8, 4) is 16.3 Å². The van der Waals surface area contributed by atoms with E-state index in [4.69, 9.17) is 9.88 Å². The maximum absolute atomic E-state index is 11.1. The molecule has 0 spiro atoms.